The lowest BCUT2D eigenvalue weighted by Crippen LogP contribution is -2.22. The number of hydrogen-bond donors (Lipinski definition) is 0. The highest BCUT2D eigenvalue weighted by molar-refractivity contribution is 5.33. The highest BCUT2D eigenvalue weighted by Gasteiger charge is 2.32. The van der Waals surface area contributed by atoms with E-state index in [-0.39, 0.29) is 0 Å². The van der Waals surface area contributed by atoms with Gasteiger partial charge < -0.3 is 0 Å². The Hall–Kier alpha value is -0.920. The minimum Gasteiger partial charge on any atom is -0.204 e. The molecule has 2 aliphatic rings. The van der Waals surface area contributed by atoms with Gasteiger partial charge in [-0.3, -0.25) is 0 Å². The molecule has 22 heavy (non-hydrogen) atoms. The first-order chi connectivity index (χ1) is 10.7. The van der Waals surface area contributed by atoms with Crippen molar-refractivity contribution in [2.75, 3.05) is 0 Å². The van der Waals surface area contributed by atoms with Gasteiger partial charge in [-0.25, -0.2) is 8.78 Å². The van der Waals surface area contributed by atoms with Crippen LogP contribution in [0, 0.1) is 29.4 Å². The van der Waals surface area contributed by atoms with Crippen LogP contribution in [0.25, 0.3) is 0 Å². The Morgan fingerprint density at radius 2 is 1.45 bits per heavy atom. The lowest BCUT2D eigenvalue weighted by molar-refractivity contribution is 0.200. The molecular weight excluding hydrogens is 278 g/mol. The van der Waals surface area contributed by atoms with Crippen LogP contribution in [0.4, 0.5) is 8.78 Å². The molecule has 0 aromatic heterocycles. The number of hydrogen-bond acceptors (Lipinski definition) is 0. The molecule has 0 radical (unpaired) electrons. The third-order valence-corrected chi connectivity index (χ3v) is 5.98. The Bertz CT molecular complexity index is 470. The summed E-state index contributed by atoms with van der Waals surface area (Å²) in [5.41, 5.74) is 2.10. The lowest BCUT2D eigenvalue weighted by Gasteiger charge is -2.32. The third-order valence-electron chi connectivity index (χ3n) is 5.98. The molecule has 0 saturated heterocycles. The summed E-state index contributed by atoms with van der Waals surface area (Å²) >= 11 is 0. The molecule has 0 spiro atoms. The van der Waals surface area contributed by atoms with Crippen molar-refractivity contribution in [2.45, 2.75) is 71.1 Å². The molecule has 0 N–H and O–H groups in total. The van der Waals surface area contributed by atoms with E-state index in [9.17, 15) is 8.78 Å². The van der Waals surface area contributed by atoms with Crippen LogP contribution in [0.15, 0.2) is 12.1 Å². The maximum absolute atomic E-state index is 13.4. The predicted molar refractivity (Wildman–Crippen MR) is 86.8 cm³/mol. The van der Waals surface area contributed by atoms with Gasteiger partial charge >= 0.3 is 0 Å². The zero-order chi connectivity index (χ0) is 15.5. The predicted octanol–water partition coefficient (Wildman–Crippen LogP) is 6.07. The summed E-state index contributed by atoms with van der Waals surface area (Å²) in [6, 6.07) is 2.86. The molecule has 122 valence electrons. The Morgan fingerprint density at radius 3 is 2.00 bits per heavy atom. The third kappa shape index (κ3) is 3.52. The van der Waals surface area contributed by atoms with Crippen molar-refractivity contribution in [1.29, 1.82) is 0 Å². The normalized spacial score (nSPS) is 25.4. The molecule has 0 bridgehead atoms. The second-order valence-electron chi connectivity index (χ2n) is 7.48. The zero-order valence-corrected chi connectivity index (χ0v) is 13.7. The van der Waals surface area contributed by atoms with E-state index in [4.69, 9.17) is 0 Å². The fourth-order valence-corrected chi connectivity index (χ4v) is 4.61. The summed E-state index contributed by atoms with van der Waals surface area (Å²) in [4.78, 5) is 0. The average molecular weight is 306 g/mol. The number of benzene rings is 1. The smallest absolute Gasteiger partial charge is 0.159 e. The Morgan fingerprint density at radius 1 is 0.864 bits per heavy atom. The monoisotopic (exact) mass is 306 g/mol. The quantitative estimate of drug-likeness (QED) is 0.579. The highest BCUT2D eigenvalue weighted by atomic mass is 19.2. The molecule has 1 aromatic rings. The molecule has 0 heterocycles. The van der Waals surface area contributed by atoms with Gasteiger partial charge in [-0.15, -0.1) is 0 Å². The molecule has 0 unspecified atom stereocenters. The summed E-state index contributed by atoms with van der Waals surface area (Å²) in [5.74, 6) is 0.952. The van der Waals surface area contributed by atoms with Crippen LogP contribution in [0.2, 0.25) is 0 Å². The lowest BCUT2D eigenvalue weighted by atomic mass is 9.73. The zero-order valence-electron chi connectivity index (χ0n) is 13.7. The van der Waals surface area contributed by atoms with Crippen LogP contribution in [-0.2, 0) is 12.8 Å². The molecule has 0 atom stereocenters. The number of rotatable bonds is 5. The van der Waals surface area contributed by atoms with Crippen LogP contribution >= 0.6 is 0 Å². The van der Waals surface area contributed by atoms with Gasteiger partial charge in [-0.2, -0.15) is 0 Å². The molecule has 0 aliphatic heterocycles. The van der Waals surface area contributed by atoms with Gasteiger partial charge in [0.05, 0.1) is 0 Å². The van der Waals surface area contributed by atoms with Crippen molar-refractivity contribution in [3.05, 3.63) is 34.9 Å². The van der Waals surface area contributed by atoms with E-state index in [2.05, 4.69) is 6.92 Å². The molecule has 2 aliphatic carbocycles. The molecule has 2 heteroatoms. The van der Waals surface area contributed by atoms with Crippen LogP contribution in [-0.4, -0.2) is 0 Å². The minimum absolute atomic E-state index is 0.618. The first-order valence-corrected chi connectivity index (χ1v) is 9.14. The Balaban J connectivity index is 1.51. The fraction of sp³-hybridized carbons (Fsp3) is 0.700. The fourth-order valence-electron chi connectivity index (χ4n) is 4.61. The summed E-state index contributed by atoms with van der Waals surface area (Å²) in [5, 5.41) is 0. The molecule has 0 amide bonds. The van der Waals surface area contributed by atoms with Crippen LogP contribution < -0.4 is 0 Å². The first kappa shape index (κ1) is 16.0. The molecular formula is C20H28F2. The molecule has 3 rings (SSSR count). The SMILES string of the molecule is CCCCCC1CCC(C2Cc3cc(F)c(F)cc3C2)CC1. The van der Waals surface area contributed by atoms with E-state index in [1.54, 1.807) is 0 Å². The maximum Gasteiger partial charge on any atom is 0.159 e. The average Bonchev–Trinajstić information content (AvgIpc) is 2.91. The number of unbranched alkanes of at least 4 members (excludes halogenated alkanes) is 2. The molecule has 1 fully saturated rings. The highest BCUT2D eigenvalue weighted by Crippen LogP contribution is 2.41. The number of fused-ring (bicyclic) bond motifs is 1. The summed E-state index contributed by atoms with van der Waals surface area (Å²) in [6.45, 7) is 2.26. The van der Waals surface area contributed by atoms with E-state index in [1.165, 1.54) is 63.5 Å². The first-order valence-electron chi connectivity index (χ1n) is 9.14. The summed E-state index contributed by atoms with van der Waals surface area (Å²) < 4.78 is 26.7. The maximum atomic E-state index is 13.4. The van der Waals surface area contributed by atoms with Crippen molar-refractivity contribution in [2.24, 2.45) is 17.8 Å². The molecule has 0 nitrogen and oxygen atoms in total. The van der Waals surface area contributed by atoms with Gasteiger partial charge in [0.25, 0.3) is 0 Å². The minimum atomic E-state index is -0.681. The van der Waals surface area contributed by atoms with E-state index >= 15 is 0 Å². The van der Waals surface area contributed by atoms with Gasteiger partial charge in [0.15, 0.2) is 11.6 Å². The van der Waals surface area contributed by atoms with Gasteiger partial charge in [-0.05, 0) is 66.7 Å². The second-order valence-corrected chi connectivity index (χ2v) is 7.48. The van der Waals surface area contributed by atoms with Crippen molar-refractivity contribution < 1.29 is 8.78 Å². The molecule has 1 saturated carbocycles. The van der Waals surface area contributed by atoms with Crippen LogP contribution in [0.3, 0.4) is 0 Å². The van der Waals surface area contributed by atoms with Crippen LogP contribution in [0.5, 0.6) is 0 Å². The Labute approximate surface area is 133 Å². The van der Waals surface area contributed by atoms with Crippen LogP contribution in [0.1, 0.15) is 69.4 Å². The largest absolute Gasteiger partial charge is 0.204 e. The van der Waals surface area contributed by atoms with E-state index < -0.39 is 11.6 Å². The van der Waals surface area contributed by atoms with E-state index in [0.29, 0.717) is 5.92 Å². The van der Waals surface area contributed by atoms with Crippen molar-refractivity contribution in [1.82, 2.24) is 0 Å². The van der Waals surface area contributed by atoms with Gasteiger partial charge in [0.2, 0.25) is 0 Å². The van der Waals surface area contributed by atoms with E-state index in [0.717, 1.165) is 35.8 Å². The van der Waals surface area contributed by atoms with Gasteiger partial charge in [0.1, 0.15) is 0 Å². The second kappa shape index (κ2) is 7.10. The van der Waals surface area contributed by atoms with Crippen molar-refractivity contribution in [3.63, 3.8) is 0 Å². The van der Waals surface area contributed by atoms with Gasteiger partial charge in [-0.1, -0.05) is 45.4 Å². The summed E-state index contributed by atoms with van der Waals surface area (Å²) in [7, 11) is 0. The molecule has 1 aromatic carbocycles. The van der Waals surface area contributed by atoms with Crippen molar-refractivity contribution in [3.8, 4) is 0 Å². The van der Waals surface area contributed by atoms with Gasteiger partial charge in [0, 0.05) is 0 Å². The summed E-state index contributed by atoms with van der Waals surface area (Å²) in [6.07, 6.45) is 12.8. The van der Waals surface area contributed by atoms with Crippen molar-refractivity contribution >= 4 is 0 Å². The standard InChI is InChI=1S/C20H28F2/c1-2-3-4-5-14-6-8-15(9-7-14)16-10-17-12-19(21)20(22)13-18(17)11-16/h12-16H,2-11H2,1H3. The topological polar surface area (TPSA) is 0 Å². The Kier molecular flexibility index (Phi) is 5.15. The number of halogens is 2. The van der Waals surface area contributed by atoms with E-state index in [1.807, 2.05) is 0 Å².